The molecule has 10 heteroatoms. The maximum absolute atomic E-state index is 14.8. The van der Waals surface area contributed by atoms with Crippen LogP contribution in [0.2, 0.25) is 0 Å². The van der Waals surface area contributed by atoms with E-state index in [4.69, 9.17) is 28.4 Å². The maximum Gasteiger partial charge on any atom is 0.303 e. The standard InChI is InChI=1S/C35H49NO9/c1-8-36-17-32(18-40-3)14-13-23(42-5)35-22-15-33(39)24(43-6)16-34(45-19(2)37,27(31(35)36)29(44-7)30(32)35)25(22)26(33)28(38)20-9-11-21(41-4)12-10-20/h9-12,22-27,29-31,39H,8,13-18H2,1-7H3/t22-,23+,24+,25-,26-,27+,29-,30-,31-,32+,33+,34-,35+/m1/s1. The molecule has 1 aromatic carbocycles. The number of nitrogens with zero attached hydrogens (tertiary/aromatic N) is 1. The van der Waals surface area contributed by atoms with Crippen LogP contribution in [-0.4, -0.2) is 113 Å². The second-order valence-corrected chi connectivity index (χ2v) is 14.6. The molecule has 7 rings (SSSR count). The SMILES string of the molecule is CCN1C[C@]2(COC)CC[C@H](OC)[C@@]34[C@@H]5C[C@]6(O)[C@@H](OC)C[C@@](OC(C)=O)([C@H]5[C@@H]6C(=O)c5ccc(OC)cc5)[C@@H]([C@@H](OC)[C@H]23)[C@@H]14. The van der Waals surface area contributed by atoms with Gasteiger partial charge in [0, 0.05) is 88.5 Å². The molecule has 1 aliphatic heterocycles. The van der Waals surface area contributed by atoms with Crippen molar-refractivity contribution < 1.29 is 43.1 Å². The zero-order valence-corrected chi connectivity index (χ0v) is 27.6. The van der Waals surface area contributed by atoms with Crippen molar-refractivity contribution in [3.8, 4) is 5.75 Å². The second-order valence-electron chi connectivity index (χ2n) is 14.6. The van der Waals surface area contributed by atoms with Crippen LogP contribution >= 0.6 is 0 Å². The molecule has 1 spiro atoms. The Labute approximate surface area is 266 Å². The number of esters is 1. The molecular weight excluding hydrogens is 578 g/mol. The summed E-state index contributed by atoms with van der Waals surface area (Å²) in [5, 5.41) is 12.9. The Morgan fingerprint density at radius 3 is 2.27 bits per heavy atom. The molecule has 13 atom stereocenters. The van der Waals surface area contributed by atoms with E-state index in [0.717, 1.165) is 25.9 Å². The highest BCUT2D eigenvalue weighted by Gasteiger charge is 2.89. The zero-order valence-electron chi connectivity index (χ0n) is 27.6. The number of ketones is 1. The lowest BCUT2D eigenvalue weighted by Gasteiger charge is -2.69. The van der Waals surface area contributed by atoms with E-state index in [1.54, 1.807) is 59.8 Å². The summed E-state index contributed by atoms with van der Waals surface area (Å²) in [6.45, 7) is 5.86. The Hall–Kier alpha value is -2.08. The smallest absolute Gasteiger partial charge is 0.303 e. The number of fused-ring (bicyclic) bond motifs is 2. The van der Waals surface area contributed by atoms with Crippen molar-refractivity contribution in [1.82, 2.24) is 4.90 Å². The fourth-order valence-corrected chi connectivity index (χ4v) is 12.7. The number of carbonyl (C=O) groups is 2. The van der Waals surface area contributed by atoms with Crippen LogP contribution in [0.4, 0.5) is 0 Å². The number of hydrogen-bond acceptors (Lipinski definition) is 10. The van der Waals surface area contributed by atoms with E-state index >= 15 is 0 Å². The summed E-state index contributed by atoms with van der Waals surface area (Å²) in [7, 11) is 8.52. The Kier molecular flexibility index (Phi) is 7.51. The molecular formula is C35H49NO9. The molecule has 5 saturated carbocycles. The van der Waals surface area contributed by atoms with Gasteiger partial charge >= 0.3 is 5.97 Å². The number of hydrogen-bond donors (Lipinski definition) is 1. The molecule has 0 unspecified atom stereocenters. The molecule has 0 radical (unpaired) electrons. The molecule has 1 aromatic rings. The summed E-state index contributed by atoms with van der Waals surface area (Å²) >= 11 is 0. The largest absolute Gasteiger partial charge is 0.497 e. The molecule has 1 N–H and O–H groups in total. The third-order valence-electron chi connectivity index (χ3n) is 13.5. The van der Waals surface area contributed by atoms with E-state index in [1.165, 1.54) is 6.92 Å². The van der Waals surface area contributed by atoms with E-state index in [2.05, 4.69) is 11.8 Å². The number of rotatable bonds is 10. The molecule has 0 aromatic heterocycles. The number of Topliss-reactive ketones (excluding diaryl/α,β-unsaturated/α-hetero) is 1. The first-order valence-corrected chi connectivity index (χ1v) is 16.5. The predicted molar refractivity (Wildman–Crippen MR) is 163 cm³/mol. The van der Waals surface area contributed by atoms with Crippen molar-refractivity contribution in [1.29, 1.82) is 0 Å². The molecule has 6 fully saturated rings. The Morgan fingerprint density at radius 2 is 1.69 bits per heavy atom. The van der Waals surface area contributed by atoms with Crippen molar-refractivity contribution >= 4 is 11.8 Å². The van der Waals surface area contributed by atoms with E-state index in [-0.39, 0.29) is 47.2 Å². The van der Waals surface area contributed by atoms with E-state index in [9.17, 15) is 14.7 Å². The summed E-state index contributed by atoms with van der Waals surface area (Å²) in [5.41, 5.74) is -2.76. The van der Waals surface area contributed by atoms with Gasteiger partial charge in [-0.1, -0.05) is 6.92 Å². The minimum absolute atomic E-state index is 0.0227. The molecule has 7 bridgehead atoms. The highest BCUT2D eigenvalue weighted by atomic mass is 16.6. The highest BCUT2D eigenvalue weighted by Crippen LogP contribution is 2.81. The lowest BCUT2D eigenvalue weighted by Crippen LogP contribution is -2.77. The van der Waals surface area contributed by atoms with Crippen LogP contribution in [-0.2, 0) is 28.5 Å². The van der Waals surface area contributed by atoms with Gasteiger partial charge in [0.25, 0.3) is 0 Å². The van der Waals surface area contributed by atoms with Gasteiger partial charge in [-0.3, -0.25) is 14.5 Å². The van der Waals surface area contributed by atoms with Gasteiger partial charge < -0.3 is 33.5 Å². The van der Waals surface area contributed by atoms with Crippen LogP contribution in [0.15, 0.2) is 24.3 Å². The molecule has 5 aliphatic carbocycles. The van der Waals surface area contributed by atoms with Crippen LogP contribution in [0.25, 0.3) is 0 Å². The van der Waals surface area contributed by atoms with Crippen molar-refractivity contribution in [2.75, 3.05) is 55.2 Å². The minimum Gasteiger partial charge on any atom is -0.497 e. The molecule has 1 heterocycles. The number of ether oxygens (including phenoxy) is 6. The van der Waals surface area contributed by atoms with Gasteiger partial charge in [-0.15, -0.1) is 0 Å². The van der Waals surface area contributed by atoms with Crippen LogP contribution in [0.1, 0.15) is 49.9 Å². The fourth-order valence-electron chi connectivity index (χ4n) is 12.7. The van der Waals surface area contributed by atoms with E-state index < -0.39 is 40.5 Å². The summed E-state index contributed by atoms with van der Waals surface area (Å²) in [4.78, 5) is 30.7. The molecule has 10 nitrogen and oxygen atoms in total. The first kappa shape index (κ1) is 31.5. The predicted octanol–water partition coefficient (Wildman–Crippen LogP) is 2.99. The van der Waals surface area contributed by atoms with Crippen LogP contribution < -0.4 is 4.74 Å². The van der Waals surface area contributed by atoms with Gasteiger partial charge in [0.15, 0.2) is 5.78 Å². The average Bonchev–Trinajstić information content (AvgIpc) is 3.43. The first-order valence-electron chi connectivity index (χ1n) is 16.5. The Morgan fingerprint density at radius 1 is 0.978 bits per heavy atom. The van der Waals surface area contributed by atoms with E-state index in [1.807, 2.05) is 0 Å². The van der Waals surface area contributed by atoms with Gasteiger partial charge in [-0.2, -0.15) is 0 Å². The molecule has 0 amide bonds. The lowest BCUT2D eigenvalue weighted by molar-refractivity contribution is -0.277. The number of benzene rings is 1. The monoisotopic (exact) mass is 627 g/mol. The number of carbonyl (C=O) groups excluding carboxylic acids is 2. The number of methoxy groups -OCH3 is 5. The third-order valence-corrected chi connectivity index (χ3v) is 13.5. The molecule has 248 valence electrons. The van der Waals surface area contributed by atoms with Gasteiger partial charge in [0.1, 0.15) is 17.0 Å². The van der Waals surface area contributed by atoms with Crippen LogP contribution in [0.5, 0.6) is 5.75 Å². The quantitative estimate of drug-likeness (QED) is 0.307. The van der Waals surface area contributed by atoms with Crippen LogP contribution in [0, 0.1) is 40.4 Å². The zero-order chi connectivity index (χ0) is 32.1. The van der Waals surface area contributed by atoms with Gasteiger partial charge in [-0.25, -0.2) is 0 Å². The number of aliphatic hydroxyl groups is 1. The highest BCUT2D eigenvalue weighted by molar-refractivity contribution is 5.99. The lowest BCUT2D eigenvalue weighted by atomic mass is 9.42. The van der Waals surface area contributed by atoms with Crippen LogP contribution in [0.3, 0.4) is 0 Å². The minimum atomic E-state index is -1.46. The normalized spacial score (nSPS) is 47.4. The van der Waals surface area contributed by atoms with Crippen molar-refractivity contribution in [3.63, 3.8) is 0 Å². The molecule has 1 saturated heterocycles. The second kappa shape index (κ2) is 10.7. The summed E-state index contributed by atoms with van der Waals surface area (Å²) in [6.07, 6.45) is 1.28. The fraction of sp³-hybridized carbons (Fsp3) is 0.771. The van der Waals surface area contributed by atoms with Gasteiger partial charge in [-0.05, 0) is 56.0 Å². The van der Waals surface area contributed by atoms with Crippen molar-refractivity contribution in [3.05, 3.63) is 29.8 Å². The Balaban J connectivity index is 1.52. The summed E-state index contributed by atoms with van der Waals surface area (Å²) in [5.74, 6) is -1.66. The summed E-state index contributed by atoms with van der Waals surface area (Å²) in [6, 6.07) is 7.02. The first-order chi connectivity index (χ1) is 21.6. The van der Waals surface area contributed by atoms with Gasteiger partial charge in [0.2, 0.25) is 0 Å². The maximum atomic E-state index is 14.8. The van der Waals surface area contributed by atoms with Crippen molar-refractivity contribution in [2.45, 2.75) is 75.1 Å². The molecule has 6 aliphatic rings. The van der Waals surface area contributed by atoms with Gasteiger partial charge in [0.05, 0.1) is 37.9 Å². The average molecular weight is 628 g/mol. The molecule has 45 heavy (non-hydrogen) atoms. The van der Waals surface area contributed by atoms with E-state index in [0.29, 0.717) is 30.8 Å². The Bertz CT molecular complexity index is 1340. The third kappa shape index (κ3) is 3.72. The number of piperidine rings is 1. The summed E-state index contributed by atoms with van der Waals surface area (Å²) < 4.78 is 37.3. The number of likely N-dealkylation sites (tertiary alicyclic amines) is 1. The topological polar surface area (TPSA) is 113 Å². The van der Waals surface area contributed by atoms with Crippen molar-refractivity contribution in [2.24, 2.45) is 40.4 Å².